The first-order chi connectivity index (χ1) is 7.59. The molecule has 4 nitrogen and oxygen atoms in total. The van der Waals surface area contributed by atoms with E-state index >= 15 is 0 Å². The van der Waals surface area contributed by atoms with Crippen LogP contribution in [0.5, 0.6) is 0 Å². The van der Waals surface area contributed by atoms with Crippen molar-refractivity contribution in [3.8, 4) is 0 Å². The third-order valence-electron chi connectivity index (χ3n) is 2.92. The number of Topliss-reactive ketones (excluding diaryl/α,β-unsaturated/α-hetero) is 1. The molecule has 0 bridgehead atoms. The smallest absolute Gasteiger partial charge is 0.214 e. The average molecular weight is 224 g/mol. The topological polar surface area (TPSA) is 44.1 Å². The van der Waals surface area contributed by atoms with E-state index in [0.717, 1.165) is 0 Å². The first kappa shape index (κ1) is 12.9. The summed E-state index contributed by atoms with van der Waals surface area (Å²) in [6.07, 6.45) is 3.12. The number of ether oxygens (including phenoxy) is 1. The van der Waals surface area contributed by atoms with Crippen LogP contribution in [0.4, 0.5) is 0 Å². The van der Waals surface area contributed by atoms with E-state index in [2.05, 4.69) is 5.10 Å². The van der Waals surface area contributed by atoms with Crippen LogP contribution in [0.1, 0.15) is 44.1 Å². The Morgan fingerprint density at radius 3 is 2.44 bits per heavy atom. The molecule has 0 saturated carbocycles. The largest absolute Gasteiger partial charge is 0.367 e. The zero-order valence-electron chi connectivity index (χ0n) is 10.5. The number of rotatable bonds is 6. The molecule has 1 heterocycles. The molecule has 0 saturated heterocycles. The molecule has 0 aliphatic heterocycles. The van der Waals surface area contributed by atoms with E-state index in [0.29, 0.717) is 25.1 Å². The lowest BCUT2D eigenvalue weighted by Gasteiger charge is -2.29. The van der Waals surface area contributed by atoms with E-state index in [1.165, 1.54) is 0 Å². The maximum absolute atomic E-state index is 12.3. The molecule has 0 amide bonds. The second kappa shape index (κ2) is 5.25. The van der Waals surface area contributed by atoms with E-state index < -0.39 is 5.60 Å². The Balaban J connectivity index is 2.99. The number of carbonyl (C=O) groups excluding carboxylic acids is 1. The van der Waals surface area contributed by atoms with Crippen molar-refractivity contribution in [2.45, 2.75) is 39.2 Å². The lowest BCUT2D eigenvalue weighted by Crippen LogP contribution is -2.41. The van der Waals surface area contributed by atoms with Gasteiger partial charge in [0.15, 0.2) is 0 Å². The molecule has 0 aliphatic rings. The van der Waals surface area contributed by atoms with Crippen molar-refractivity contribution < 1.29 is 9.53 Å². The Bertz CT molecular complexity index is 354. The number of carbonyl (C=O) groups is 1. The number of nitrogens with zero attached hydrogens (tertiary/aromatic N) is 2. The molecule has 90 valence electrons. The van der Waals surface area contributed by atoms with Gasteiger partial charge in [0, 0.05) is 19.9 Å². The van der Waals surface area contributed by atoms with Crippen molar-refractivity contribution in [1.29, 1.82) is 0 Å². The molecule has 0 fully saturated rings. The van der Waals surface area contributed by atoms with Crippen molar-refractivity contribution >= 4 is 5.78 Å². The highest BCUT2D eigenvalue weighted by molar-refractivity contribution is 6.00. The highest BCUT2D eigenvalue weighted by Gasteiger charge is 2.37. The summed E-state index contributed by atoms with van der Waals surface area (Å²) in [5.41, 5.74) is -0.219. The third-order valence-corrected chi connectivity index (χ3v) is 2.92. The van der Waals surface area contributed by atoms with Crippen LogP contribution in [0.2, 0.25) is 0 Å². The van der Waals surface area contributed by atoms with Gasteiger partial charge < -0.3 is 4.74 Å². The summed E-state index contributed by atoms with van der Waals surface area (Å²) in [6, 6.07) is 1.74. The normalized spacial score (nSPS) is 11.8. The van der Waals surface area contributed by atoms with Gasteiger partial charge >= 0.3 is 0 Å². The quantitative estimate of drug-likeness (QED) is 0.696. The second-order valence-electron chi connectivity index (χ2n) is 3.84. The maximum atomic E-state index is 12.3. The number of aryl methyl sites for hydroxylation is 1. The molecule has 0 spiro atoms. The van der Waals surface area contributed by atoms with Crippen molar-refractivity contribution in [2.24, 2.45) is 7.05 Å². The first-order valence-corrected chi connectivity index (χ1v) is 5.78. The molecule has 1 rings (SSSR count). The molecule has 0 N–H and O–H groups in total. The van der Waals surface area contributed by atoms with Crippen molar-refractivity contribution in [3.05, 3.63) is 18.0 Å². The van der Waals surface area contributed by atoms with Gasteiger partial charge in [-0.05, 0) is 25.8 Å². The first-order valence-electron chi connectivity index (χ1n) is 5.78. The van der Waals surface area contributed by atoms with Gasteiger partial charge in [0.25, 0.3) is 0 Å². The molecule has 0 radical (unpaired) electrons. The Labute approximate surface area is 96.6 Å². The highest BCUT2D eigenvalue weighted by atomic mass is 16.5. The SMILES string of the molecule is CCOC(CC)(CC)C(=O)c1ccn(C)n1. The molecule has 0 aliphatic carbocycles. The van der Waals surface area contributed by atoms with E-state index in [9.17, 15) is 4.79 Å². The molecular formula is C12H20N2O2. The highest BCUT2D eigenvalue weighted by Crippen LogP contribution is 2.25. The molecule has 0 atom stereocenters. The van der Waals surface area contributed by atoms with Gasteiger partial charge in [0.05, 0.1) is 0 Å². The Kier molecular flexibility index (Phi) is 4.24. The predicted molar refractivity (Wildman–Crippen MR) is 62.5 cm³/mol. The zero-order chi connectivity index (χ0) is 12.2. The van der Waals surface area contributed by atoms with Crippen LogP contribution in [-0.2, 0) is 11.8 Å². The van der Waals surface area contributed by atoms with Gasteiger partial charge in [-0.25, -0.2) is 0 Å². The Hall–Kier alpha value is -1.16. The molecule has 1 aromatic rings. The number of aromatic nitrogens is 2. The average Bonchev–Trinajstić information content (AvgIpc) is 2.72. The predicted octanol–water partition coefficient (Wildman–Crippen LogP) is 2.20. The fraction of sp³-hybridized carbons (Fsp3) is 0.667. The van der Waals surface area contributed by atoms with Crippen molar-refractivity contribution in [1.82, 2.24) is 9.78 Å². The van der Waals surface area contributed by atoms with Crippen LogP contribution in [0.15, 0.2) is 12.3 Å². The van der Waals surface area contributed by atoms with Crippen LogP contribution in [0.25, 0.3) is 0 Å². The van der Waals surface area contributed by atoms with Crippen LogP contribution in [-0.4, -0.2) is 27.8 Å². The van der Waals surface area contributed by atoms with Gasteiger partial charge in [0.1, 0.15) is 11.3 Å². The lowest BCUT2D eigenvalue weighted by molar-refractivity contribution is -0.0254. The summed E-state index contributed by atoms with van der Waals surface area (Å²) in [5.74, 6) is -0.0139. The van der Waals surface area contributed by atoms with Crippen molar-refractivity contribution in [2.75, 3.05) is 6.61 Å². The molecule has 0 aromatic carbocycles. The summed E-state index contributed by atoms with van der Waals surface area (Å²) in [5, 5.41) is 4.14. The van der Waals surface area contributed by atoms with E-state index in [4.69, 9.17) is 4.74 Å². The standard InChI is InChI=1S/C12H20N2O2/c1-5-12(6-2,16-7-3)11(15)10-8-9-14(4)13-10/h8-9H,5-7H2,1-4H3. The van der Waals surface area contributed by atoms with Crippen LogP contribution in [0.3, 0.4) is 0 Å². The Morgan fingerprint density at radius 2 is 2.06 bits per heavy atom. The summed E-state index contributed by atoms with van der Waals surface area (Å²) in [4.78, 5) is 12.3. The van der Waals surface area contributed by atoms with Gasteiger partial charge in [-0.2, -0.15) is 5.10 Å². The summed E-state index contributed by atoms with van der Waals surface area (Å²) in [6.45, 7) is 6.39. The van der Waals surface area contributed by atoms with E-state index in [1.807, 2.05) is 20.8 Å². The summed E-state index contributed by atoms with van der Waals surface area (Å²) in [7, 11) is 1.80. The van der Waals surface area contributed by atoms with Crippen LogP contribution < -0.4 is 0 Å². The fourth-order valence-corrected chi connectivity index (χ4v) is 1.89. The molecular weight excluding hydrogens is 204 g/mol. The van der Waals surface area contributed by atoms with Gasteiger partial charge in [0.2, 0.25) is 5.78 Å². The monoisotopic (exact) mass is 224 g/mol. The van der Waals surface area contributed by atoms with Gasteiger partial charge in [-0.3, -0.25) is 9.48 Å². The molecule has 0 unspecified atom stereocenters. The number of ketones is 1. The van der Waals surface area contributed by atoms with Crippen LogP contribution >= 0.6 is 0 Å². The minimum absolute atomic E-state index is 0.0139. The van der Waals surface area contributed by atoms with E-state index in [-0.39, 0.29) is 5.78 Å². The molecule has 16 heavy (non-hydrogen) atoms. The van der Waals surface area contributed by atoms with Crippen LogP contribution in [0, 0.1) is 0 Å². The minimum Gasteiger partial charge on any atom is -0.367 e. The van der Waals surface area contributed by atoms with Crippen molar-refractivity contribution in [3.63, 3.8) is 0 Å². The number of hydrogen-bond acceptors (Lipinski definition) is 3. The zero-order valence-corrected chi connectivity index (χ0v) is 10.5. The lowest BCUT2D eigenvalue weighted by atomic mass is 9.90. The summed E-state index contributed by atoms with van der Waals surface area (Å²) < 4.78 is 7.29. The molecule has 4 heteroatoms. The minimum atomic E-state index is -0.705. The summed E-state index contributed by atoms with van der Waals surface area (Å²) >= 11 is 0. The maximum Gasteiger partial charge on any atom is 0.214 e. The molecule has 1 aromatic heterocycles. The van der Waals surface area contributed by atoms with E-state index in [1.54, 1.807) is 24.0 Å². The van der Waals surface area contributed by atoms with Gasteiger partial charge in [-0.1, -0.05) is 13.8 Å². The third kappa shape index (κ3) is 2.32. The fourth-order valence-electron chi connectivity index (χ4n) is 1.89. The Morgan fingerprint density at radius 1 is 1.44 bits per heavy atom. The number of hydrogen-bond donors (Lipinski definition) is 0. The van der Waals surface area contributed by atoms with Gasteiger partial charge in [-0.15, -0.1) is 0 Å². The second-order valence-corrected chi connectivity index (χ2v) is 3.84.